The highest BCUT2D eigenvalue weighted by molar-refractivity contribution is 5.83. The van der Waals surface area contributed by atoms with E-state index in [2.05, 4.69) is 17.1 Å². The van der Waals surface area contributed by atoms with Crippen LogP contribution in [0.25, 0.3) is 11.3 Å². The lowest BCUT2D eigenvalue weighted by molar-refractivity contribution is -0.125. The highest BCUT2D eigenvalue weighted by Crippen LogP contribution is 2.43. The largest absolute Gasteiger partial charge is 0.374 e. The lowest BCUT2D eigenvalue weighted by Gasteiger charge is -2.28. The molecule has 0 bridgehead atoms. The van der Waals surface area contributed by atoms with Gasteiger partial charge < -0.3 is 9.30 Å². The first-order valence-electron chi connectivity index (χ1n) is 10.7. The molecule has 2 aliphatic rings. The van der Waals surface area contributed by atoms with E-state index in [1.165, 1.54) is 11.6 Å². The van der Waals surface area contributed by atoms with Crippen LogP contribution in [0.3, 0.4) is 0 Å². The molecule has 30 heavy (non-hydrogen) atoms. The lowest BCUT2D eigenvalue weighted by Crippen LogP contribution is -2.27. The van der Waals surface area contributed by atoms with Gasteiger partial charge in [0.1, 0.15) is 11.6 Å². The van der Waals surface area contributed by atoms with Gasteiger partial charge in [0.15, 0.2) is 0 Å². The van der Waals surface area contributed by atoms with E-state index in [0.717, 1.165) is 36.9 Å². The number of nitrogens with zero attached hydrogens (tertiary/aromatic N) is 2. The molecule has 1 aromatic heterocycles. The van der Waals surface area contributed by atoms with Gasteiger partial charge in [-0.2, -0.15) is 0 Å². The molecule has 1 fully saturated rings. The Kier molecular flexibility index (Phi) is 5.21. The van der Waals surface area contributed by atoms with E-state index in [1.54, 1.807) is 18.6 Å². The van der Waals surface area contributed by atoms with Crippen LogP contribution >= 0.6 is 0 Å². The van der Waals surface area contributed by atoms with Gasteiger partial charge in [-0.1, -0.05) is 42.5 Å². The molecule has 2 heterocycles. The second kappa shape index (κ2) is 8.15. The number of hydrogen-bond donors (Lipinski definition) is 0. The second-order valence-electron chi connectivity index (χ2n) is 8.34. The third kappa shape index (κ3) is 3.58. The predicted octanol–water partition coefficient (Wildman–Crippen LogP) is 5.33. The molecule has 0 amide bonds. The Balaban J connectivity index is 1.20. The smallest absolute Gasteiger partial charge is 0.138 e. The van der Waals surface area contributed by atoms with Crippen molar-refractivity contribution in [2.24, 2.45) is 5.92 Å². The van der Waals surface area contributed by atoms with Gasteiger partial charge in [0, 0.05) is 23.5 Å². The topological polar surface area (TPSA) is 44.1 Å². The van der Waals surface area contributed by atoms with Crippen LogP contribution < -0.4 is 0 Å². The minimum absolute atomic E-state index is 0.0318. The fourth-order valence-corrected chi connectivity index (χ4v) is 4.90. The second-order valence-corrected chi connectivity index (χ2v) is 8.34. The maximum atomic E-state index is 14.6. The molecule has 5 heteroatoms. The van der Waals surface area contributed by atoms with E-state index in [0.29, 0.717) is 18.6 Å². The number of fused-ring (bicyclic) bond motifs is 3. The van der Waals surface area contributed by atoms with Crippen LogP contribution in [-0.4, -0.2) is 21.4 Å². The summed E-state index contributed by atoms with van der Waals surface area (Å²) < 4.78 is 22.6. The molecule has 4 nitrogen and oxygen atoms in total. The number of ether oxygens (including phenoxy) is 1. The molecule has 0 radical (unpaired) electrons. The van der Waals surface area contributed by atoms with Crippen molar-refractivity contribution >= 4 is 5.78 Å². The van der Waals surface area contributed by atoms with Crippen LogP contribution in [0, 0.1) is 11.7 Å². The molecule has 0 saturated heterocycles. The number of imidazole rings is 1. The third-order valence-corrected chi connectivity index (χ3v) is 6.52. The summed E-state index contributed by atoms with van der Waals surface area (Å²) in [6.45, 7) is 0.617. The molecule has 154 valence electrons. The third-order valence-electron chi connectivity index (χ3n) is 6.52. The summed E-state index contributed by atoms with van der Waals surface area (Å²) in [5, 5.41) is 0. The van der Waals surface area contributed by atoms with Gasteiger partial charge in [-0.15, -0.1) is 0 Å². The van der Waals surface area contributed by atoms with Crippen LogP contribution in [0.4, 0.5) is 4.39 Å². The van der Waals surface area contributed by atoms with Gasteiger partial charge in [-0.3, -0.25) is 4.79 Å². The van der Waals surface area contributed by atoms with Crippen molar-refractivity contribution in [1.29, 1.82) is 0 Å². The van der Waals surface area contributed by atoms with Crippen molar-refractivity contribution in [1.82, 2.24) is 9.55 Å². The summed E-state index contributed by atoms with van der Waals surface area (Å²) in [7, 11) is 0. The van der Waals surface area contributed by atoms with Crippen LogP contribution in [0.2, 0.25) is 0 Å². The molecule has 0 spiro atoms. The van der Waals surface area contributed by atoms with Gasteiger partial charge in [0.25, 0.3) is 0 Å². The lowest BCUT2D eigenvalue weighted by atomic mass is 9.82. The molecule has 1 unspecified atom stereocenters. The number of benzene rings is 2. The number of aromatic nitrogens is 2. The van der Waals surface area contributed by atoms with Crippen LogP contribution in [0.5, 0.6) is 0 Å². The summed E-state index contributed by atoms with van der Waals surface area (Å²) >= 11 is 0. The van der Waals surface area contributed by atoms with Crippen LogP contribution in [0.1, 0.15) is 49.3 Å². The number of halogens is 1. The zero-order chi connectivity index (χ0) is 20.5. The summed E-state index contributed by atoms with van der Waals surface area (Å²) in [4.78, 5) is 17.3. The van der Waals surface area contributed by atoms with Crippen molar-refractivity contribution in [3.8, 4) is 11.3 Å². The quantitative estimate of drug-likeness (QED) is 0.558. The summed E-state index contributed by atoms with van der Waals surface area (Å²) in [6.07, 6.45) is 7.46. The normalized spacial score (nSPS) is 22.5. The minimum Gasteiger partial charge on any atom is -0.374 e. The number of ketones is 1. The minimum atomic E-state index is -0.293. The maximum Gasteiger partial charge on any atom is 0.138 e. The fraction of sp³-hybridized carbons (Fsp3) is 0.360. The molecular weight excluding hydrogens is 379 g/mol. The van der Waals surface area contributed by atoms with E-state index in [4.69, 9.17) is 4.74 Å². The van der Waals surface area contributed by atoms with Crippen molar-refractivity contribution in [3.05, 3.63) is 78.0 Å². The molecule has 3 aromatic rings. The van der Waals surface area contributed by atoms with E-state index in [1.807, 2.05) is 28.8 Å². The average Bonchev–Trinajstić information content (AvgIpc) is 3.37. The first kappa shape index (κ1) is 19.2. The molecule has 5 rings (SSSR count). The van der Waals surface area contributed by atoms with Crippen molar-refractivity contribution < 1.29 is 13.9 Å². The Morgan fingerprint density at radius 1 is 1.07 bits per heavy atom. The van der Waals surface area contributed by atoms with Gasteiger partial charge in [-0.05, 0) is 37.3 Å². The Morgan fingerprint density at radius 3 is 2.67 bits per heavy atom. The Morgan fingerprint density at radius 2 is 1.87 bits per heavy atom. The first-order chi connectivity index (χ1) is 14.7. The SMILES string of the molecule is O=C(CC1c2c(F)cccc2-c2cncn21)[C@H]1CC[C@H](OCc2ccccc2)CC1. The van der Waals surface area contributed by atoms with Crippen molar-refractivity contribution in [2.75, 3.05) is 0 Å². The Labute approximate surface area is 175 Å². The number of Topliss-reactive ketones (excluding diaryl/α,β-unsaturated/α-hetero) is 1. The fourth-order valence-electron chi connectivity index (χ4n) is 4.90. The number of hydrogen-bond acceptors (Lipinski definition) is 3. The van der Waals surface area contributed by atoms with E-state index >= 15 is 0 Å². The van der Waals surface area contributed by atoms with Crippen LogP contribution in [-0.2, 0) is 16.1 Å². The highest BCUT2D eigenvalue weighted by Gasteiger charge is 2.35. The number of carbonyl (C=O) groups is 1. The van der Waals surface area contributed by atoms with Crippen LogP contribution in [0.15, 0.2) is 61.1 Å². The van der Waals surface area contributed by atoms with E-state index in [9.17, 15) is 9.18 Å². The molecular formula is C25H25FN2O2. The monoisotopic (exact) mass is 404 g/mol. The molecule has 1 aliphatic carbocycles. The highest BCUT2D eigenvalue weighted by atomic mass is 19.1. The maximum absolute atomic E-state index is 14.6. The van der Waals surface area contributed by atoms with Crippen molar-refractivity contribution in [3.63, 3.8) is 0 Å². The van der Waals surface area contributed by atoms with Gasteiger partial charge in [0.05, 0.1) is 37.0 Å². The zero-order valence-corrected chi connectivity index (χ0v) is 16.8. The van der Waals surface area contributed by atoms with E-state index in [-0.39, 0.29) is 29.7 Å². The summed E-state index contributed by atoms with van der Waals surface area (Å²) in [5.74, 6) is 0.00801. The zero-order valence-electron chi connectivity index (χ0n) is 16.8. The average molecular weight is 404 g/mol. The number of carbonyl (C=O) groups excluding carboxylic acids is 1. The van der Waals surface area contributed by atoms with Gasteiger partial charge in [-0.25, -0.2) is 9.37 Å². The molecule has 1 atom stereocenters. The molecule has 0 N–H and O–H groups in total. The van der Waals surface area contributed by atoms with Crippen molar-refractivity contribution in [2.45, 2.75) is 50.9 Å². The Bertz CT molecular complexity index is 1040. The molecule has 1 aliphatic heterocycles. The predicted molar refractivity (Wildman–Crippen MR) is 112 cm³/mol. The number of rotatable bonds is 6. The Hall–Kier alpha value is -2.79. The summed E-state index contributed by atoms with van der Waals surface area (Å²) in [6, 6.07) is 15.0. The summed E-state index contributed by atoms with van der Waals surface area (Å²) in [5.41, 5.74) is 3.54. The van der Waals surface area contributed by atoms with Gasteiger partial charge >= 0.3 is 0 Å². The van der Waals surface area contributed by atoms with E-state index < -0.39 is 0 Å². The first-order valence-corrected chi connectivity index (χ1v) is 10.7. The molecule has 2 aromatic carbocycles. The van der Waals surface area contributed by atoms with Gasteiger partial charge in [0.2, 0.25) is 0 Å². The standard InChI is InChI=1S/C25H25FN2O2/c26-21-8-4-7-20-23-14-27-16-28(23)22(25(20)21)13-24(29)18-9-11-19(12-10-18)30-15-17-5-2-1-3-6-17/h1-8,14,16,18-19,22H,9-13,15H2/t18-,19-,22?. The molecule has 1 saturated carbocycles.